The first-order valence-corrected chi connectivity index (χ1v) is 7.13. The van der Waals surface area contributed by atoms with Crippen molar-refractivity contribution in [2.24, 2.45) is 0 Å². The van der Waals surface area contributed by atoms with Gasteiger partial charge in [-0.05, 0) is 30.2 Å². The van der Waals surface area contributed by atoms with Crippen molar-refractivity contribution in [3.8, 4) is 0 Å². The summed E-state index contributed by atoms with van der Waals surface area (Å²) in [6.07, 6.45) is 3.15. The maximum Gasteiger partial charge on any atom is 0.184 e. The summed E-state index contributed by atoms with van der Waals surface area (Å²) in [5.74, 6) is -0.0888. The molecule has 1 heterocycles. The molecule has 2 aromatic rings. The van der Waals surface area contributed by atoms with Crippen molar-refractivity contribution < 1.29 is 8.42 Å². The van der Waals surface area contributed by atoms with Gasteiger partial charge in [-0.25, -0.2) is 8.42 Å². The fraction of sp³-hybridized carbons (Fsp3) is 0.154. The summed E-state index contributed by atoms with van der Waals surface area (Å²) in [6.45, 7) is 1.79. The van der Waals surface area contributed by atoms with Crippen molar-refractivity contribution in [2.45, 2.75) is 17.6 Å². The van der Waals surface area contributed by atoms with Crippen LogP contribution < -0.4 is 5.73 Å². The van der Waals surface area contributed by atoms with Crippen LogP contribution in [0.15, 0.2) is 47.6 Å². The van der Waals surface area contributed by atoms with Crippen LogP contribution in [0.5, 0.6) is 0 Å². The van der Waals surface area contributed by atoms with Gasteiger partial charge in [0.05, 0.1) is 16.3 Å². The Bertz CT molecular complexity index is 652. The van der Waals surface area contributed by atoms with Crippen LogP contribution in [-0.2, 0) is 15.6 Å². The summed E-state index contributed by atoms with van der Waals surface area (Å²) in [5.41, 5.74) is 7.57. The van der Waals surface area contributed by atoms with Crippen molar-refractivity contribution in [1.82, 2.24) is 4.98 Å². The topological polar surface area (TPSA) is 73.0 Å². The van der Waals surface area contributed by atoms with E-state index in [0.29, 0.717) is 11.3 Å². The Morgan fingerprint density at radius 2 is 2.00 bits per heavy atom. The van der Waals surface area contributed by atoms with Crippen LogP contribution in [-0.4, -0.2) is 13.4 Å². The summed E-state index contributed by atoms with van der Waals surface area (Å²) in [4.78, 5) is 4.09. The first-order valence-electron chi connectivity index (χ1n) is 5.47. The average molecular weight is 262 g/mol. The zero-order chi connectivity index (χ0) is 13.2. The molecule has 0 amide bonds. The minimum atomic E-state index is -3.43. The number of nitrogens with two attached hydrogens (primary N) is 1. The van der Waals surface area contributed by atoms with Crippen LogP contribution in [0.4, 0.5) is 5.69 Å². The number of para-hydroxylation sites is 1. The van der Waals surface area contributed by atoms with Gasteiger partial charge in [-0.3, -0.25) is 4.98 Å². The molecular formula is C13H14N2O2S. The summed E-state index contributed by atoms with van der Waals surface area (Å²) in [7, 11) is -3.43. The number of hydrogen-bond donors (Lipinski definition) is 1. The number of hydrogen-bond acceptors (Lipinski definition) is 4. The van der Waals surface area contributed by atoms with E-state index in [1.807, 2.05) is 0 Å². The molecule has 0 aliphatic rings. The molecule has 0 fully saturated rings. The van der Waals surface area contributed by atoms with E-state index < -0.39 is 9.84 Å². The largest absolute Gasteiger partial charge is 0.397 e. The Hall–Kier alpha value is -1.88. The molecule has 0 bridgehead atoms. The predicted octanol–water partition coefficient (Wildman–Crippen LogP) is 1.95. The molecule has 2 N–H and O–H groups in total. The van der Waals surface area contributed by atoms with Gasteiger partial charge in [0.1, 0.15) is 0 Å². The molecule has 0 spiro atoms. The number of nitrogen functional groups attached to an aromatic ring is 1. The molecule has 0 radical (unpaired) electrons. The third-order valence-corrected chi connectivity index (χ3v) is 4.44. The van der Waals surface area contributed by atoms with Crippen molar-refractivity contribution >= 4 is 15.5 Å². The Balaban J connectivity index is 2.41. The molecule has 1 aromatic carbocycles. The number of nitrogens with zero attached hydrogens (tertiary/aromatic N) is 1. The second-order valence-electron chi connectivity index (χ2n) is 4.11. The molecule has 0 aliphatic heterocycles. The van der Waals surface area contributed by atoms with Crippen LogP contribution in [0, 0.1) is 6.92 Å². The number of anilines is 1. The number of pyridine rings is 1. The van der Waals surface area contributed by atoms with Crippen LogP contribution in [0.1, 0.15) is 11.1 Å². The van der Waals surface area contributed by atoms with Crippen LogP contribution >= 0.6 is 0 Å². The van der Waals surface area contributed by atoms with Crippen LogP contribution in [0.2, 0.25) is 0 Å². The number of aromatic nitrogens is 1. The molecule has 0 saturated heterocycles. The zero-order valence-electron chi connectivity index (χ0n) is 10.00. The summed E-state index contributed by atoms with van der Waals surface area (Å²) >= 11 is 0. The minimum Gasteiger partial charge on any atom is -0.397 e. The predicted molar refractivity (Wildman–Crippen MR) is 70.7 cm³/mol. The summed E-state index contributed by atoms with van der Waals surface area (Å²) in [5, 5.41) is 0. The molecule has 94 valence electrons. The maximum atomic E-state index is 12.3. The Morgan fingerprint density at radius 1 is 1.22 bits per heavy atom. The van der Waals surface area contributed by atoms with Gasteiger partial charge in [-0.1, -0.05) is 18.2 Å². The molecule has 4 nitrogen and oxygen atoms in total. The Morgan fingerprint density at radius 3 is 2.67 bits per heavy atom. The van der Waals surface area contributed by atoms with Crippen molar-refractivity contribution in [3.63, 3.8) is 0 Å². The van der Waals surface area contributed by atoms with Crippen LogP contribution in [0.25, 0.3) is 0 Å². The molecule has 18 heavy (non-hydrogen) atoms. The molecule has 0 saturated carbocycles. The minimum absolute atomic E-state index is 0.0888. The van der Waals surface area contributed by atoms with E-state index in [2.05, 4.69) is 4.98 Å². The second-order valence-corrected chi connectivity index (χ2v) is 6.07. The monoisotopic (exact) mass is 262 g/mol. The van der Waals surface area contributed by atoms with Gasteiger partial charge in [0.2, 0.25) is 0 Å². The highest BCUT2D eigenvalue weighted by molar-refractivity contribution is 7.90. The van der Waals surface area contributed by atoms with Crippen molar-refractivity contribution in [3.05, 3.63) is 53.9 Å². The molecule has 0 aliphatic carbocycles. The lowest BCUT2D eigenvalue weighted by atomic mass is 10.2. The standard InChI is InChI=1S/C13H14N2O2S/c1-10-4-2-6-12(13(10)14)18(16,17)9-11-5-3-7-15-8-11/h2-8H,9,14H2,1H3. The number of benzene rings is 1. The van der Waals surface area contributed by atoms with Crippen molar-refractivity contribution in [2.75, 3.05) is 5.73 Å². The van der Waals surface area contributed by atoms with Gasteiger partial charge in [-0.2, -0.15) is 0 Å². The third-order valence-electron chi connectivity index (χ3n) is 2.70. The quantitative estimate of drug-likeness (QED) is 0.858. The lowest BCUT2D eigenvalue weighted by molar-refractivity contribution is 0.595. The van der Waals surface area contributed by atoms with Crippen LogP contribution in [0.3, 0.4) is 0 Å². The highest BCUT2D eigenvalue weighted by Crippen LogP contribution is 2.24. The van der Waals surface area contributed by atoms with E-state index in [0.717, 1.165) is 5.56 Å². The highest BCUT2D eigenvalue weighted by atomic mass is 32.2. The van der Waals surface area contributed by atoms with E-state index >= 15 is 0 Å². The lowest BCUT2D eigenvalue weighted by Gasteiger charge is -2.09. The average Bonchev–Trinajstić information content (AvgIpc) is 2.33. The maximum absolute atomic E-state index is 12.3. The molecule has 0 unspecified atom stereocenters. The molecule has 1 aromatic heterocycles. The Labute approximate surface area is 106 Å². The fourth-order valence-corrected chi connectivity index (χ4v) is 3.25. The summed E-state index contributed by atoms with van der Waals surface area (Å²) < 4.78 is 24.5. The van der Waals surface area contributed by atoms with E-state index in [-0.39, 0.29) is 10.6 Å². The number of sulfone groups is 1. The van der Waals surface area contributed by atoms with Gasteiger partial charge in [-0.15, -0.1) is 0 Å². The molecular weight excluding hydrogens is 248 g/mol. The molecule has 5 heteroatoms. The number of rotatable bonds is 3. The van der Waals surface area contributed by atoms with Crippen molar-refractivity contribution in [1.29, 1.82) is 0 Å². The van der Waals surface area contributed by atoms with E-state index in [9.17, 15) is 8.42 Å². The lowest BCUT2D eigenvalue weighted by Crippen LogP contribution is -2.09. The van der Waals surface area contributed by atoms with E-state index in [1.165, 1.54) is 6.07 Å². The van der Waals surface area contributed by atoms with Gasteiger partial charge >= 0.3 is 0 Å². The first-order chi connectivity index (χ1) is 8.50. The van der Waals surface area contributed by atoms with Gasteiger partial charge in [0, 0.05) is 12.4 Å². The first kappa shape index (κ1) is 12.6. The van der Waals surface area contributed by atoms with E-state index in [4.69, 9.17) is 5.73 Å². The SMILES string of the molecule is Cc1cccc(S(=O)(=O)Cc2cccnc2)c1N. The third kappa shape index (κ3) is 2.51. The summed E-state index contributed by atoms with van der Waals surface area (Å²) in [6, 6.07) is 8.47. The fourth-order valence-electron chi connectivity index (χ4n) is 1.71. The highest BCUT2D eigenvalue weighted by Gasteiger charge is 2.19. The Kier molecular flexibility index (Phi) is 3.34. The van der Waals surface area contributed by atoms with Gasteiger partial charge in [0.15, 0.2) is 9.84 Å². The molecule has 0 atom stereocenters. The van der Waals surface area contributed by atoms with E-state index in [1.54, 1.807) is 43.6 Å². The smallest absolute Gasteiger partial charge is 0.184 e. The van der Waals surface area contributed by atoms with Gasteiger partial charge < -0.3 is 5.73 Å². The normalized spacial score (nSPS) is 11.4. The van der Waals surface area contributed by atoms with Gasteiger partial charge in [0.25, 0.3) is 0 Å². The number of aryl methyl sites for hydroxylation is 1. The zero-order valence-corrected chi connectivity index (χ0v) is 10.8. The molecule has 2 rings (SSSR count). The second kappa shape index (κ2) is 4.78.